The first-order valence-corrected chi connectivity index (χ1v) is 31.7. The summed E-state index contributed by atoms with van der Waals surface area (Å²) in [5, 5.41) is 0. The first kappa shape index (κ1) is 68.2. The van der Waals surface area contributed by atoms with Crippen LogP contribution in [-0.4, -0.2) is 37.2 Å². The molecular weight excluding hydrogens is 865 g/mol. The largest absolute Gasteiger partial charge is 0.462 e. The first-order chi connectivity index (χ1) is 34.5. The molecule has 6 heteroatoms. The number of rotatable bonds is 59. The van der Waals surface area contributed by atoms with Gasteiger partial charge in [-0.1, -0.05) is 309 Å². The number of unbranched alkanes of at least 4 members (excludes halogenated alkanes) is 46. The van der Waals surface area contributed by atoms with Gasteiger partial charge in [-0.15, -0.1) is 0 Å². The summed E-state index contributed by atoms with van der Waals surface area (Å²) in [6, 6.07) is 0. The number of allylic oxidation sites excluding steroid dienone is 2. The molecule has 0 aliphatic rings. The molecule has 0 aliphatic carbocycles. The van der Waals surface area contributed by atoms with Crippen molar-refractivity contribution in [2.24, 2.45) is 0 Å². The number of carbonyl (C=O) groups is 3. The molecule has 0 saturated heterocycles. The summed E-state index contributed by atoms with van der Waals surface area (Å²) in [5.74, 6) is -0.853. The predicted octanol–water partition coefficient (Wildman–Crippen LogP) is 21.3. The van der Waals surface area contributed by atoms with Crippen LogP contribution < -0.4 is 0 Å². The molecule has 414 valence electrons. The van der Waals surface area contributed by atoms with Crippen molar-refractivity contribution in [2.45, 2.75) is 367 Å². The Labute approximate surface area is 437 Å². The highest BCUT2D eigenvalue weighted by Gasteiger charge is 2.19. The third-order valence-electron chi connectivity index (χ3n) is 14.5. The van der Waals surface area contributed by atoms with E-state index in [-0.39, 0.29) is 31.1 Å². The van der Waals surface area contributed by atoms with E-state index in [1.165, 1.54) is 257 Å². The minimum Gasteiger partial charge on any atom is -0.462 e. The van der Waals surface area contributed by atoms with Crippen LogP contribution in [0.5, 0.6) is 0 Å². The van der Waals surface area contributed by atoms with E-state index in [1.54, 1.807) is 0 Å². The van der Waals surface area contributed by atoms with Gasteiger partial charge in [0.05, 0.1) is 0 Å². The van der Waals surface area contributed by atoms with Crippen LogP contribution in [0.15, 0.2) is 12.2 Å². The van der Waals surface area contributed by atoms with E-state index in [0.717, 1.165) is 64.2 Å². The molecule has 0 aromatic carbocycles. The van der Waals surface area contributed by atoms with E-state index >= 15 is 0 Å². The molecule has 6 nitrogen and oxygen atoms in total. The van der Waals surface area contributed by atoms with Crippen molar-refractivity contribution in [3.05, 3.63) is 12.2 Å². The highest BCUT2D eigenvalue weighted by molar-refractivity contribution is 5.71. The van der Waals surface area contributed by atoms with Crippen LogP contribution in [0, 0.1) is 0 Å². The second-order valence-electron chi connectivity index (χ2n) is 21.7. The van der Waals surface area contributed by atoms with E-state index in [2.05, 4.69) is 32.9 Å². The third kappa shape index (κ3) is 57.1. The second-order valence-corrected chi connectivity index (χ2v) is 21.7. The van der Waals surface area contributed by atoms with Gasteiger partial charge in [0.15, 0.2) is 6.10 Å². The number of ether oxygens (including phenoxy) is 3. The van der Waals surface area contributed by atoms with Crippen molar-refractivity contribution in [3.63, 3.8) is 0 Å². The molecule has 0 fully saturated rings. The lowest BCUT2D eigenvalue weighted by molar-refractivity contribution is -0.167. The van der Waals surface area contributed by atoms with Crippen LogP contribution in [0.2, 0.25) is 0 Å². The van der Waals surface area contributed by atoms with E-state index in [4.69, 9.17) is 14.2 Å². The smallest absolute Gasteiger partial charge is 0.306 e. The molecule has 0 spiro atoms. The van der Waals surface area contributed by atoms with Gasteiger partial charge in [-0.05, 0) is 44.9 Å². The van der Waals surface area contributed by atoms with Crippen molar-refractivity contribution < 1.29 is 28.6 Å². The Bertz CT molecular complexity index is 1090. The first-order valence-electron chi connectivity index (χ1n) is 31.7. The maximum Gasteiger partial charge on any atom is 0.306 e. The predicted molar refractivity (Wildman–Crippen MR) is 303 cm³/mol. The minimum atomic E-state index is -0.768. The fourth-order valence-electron chi connectivity index (χ4n) is 9.74. The molecule has 1 unspecified atom stereocenters. The molecule has 0 N–H and O–H groups in total. The summed E-state index contributed by atoms with van der Waals surface area (Å²) < 4.78 is 16.9. The maximum atomic E-state index is 12.8. The number of hydrogen-bond donors (Lipinski definition) is 0. The summed E-state index contributed by atoms with van der Waals surface area (Å²) in [5.41, 5.74) is 0. The van der Waals surface area contributed by atoms with Gasteiger partial charge >= 0.3 is 17.9 Å². The van der Waals surface area contributed by atoms with Gasteiger partial charge in [0.2, 0.25) is 0 Å². The van der Waals surface area contributed by atoms with Crippen molar-refractivity contribution >= 4 is 17.9 Å². The van der Waals surface area contributed by atoms with E-state index < -0.39 is 6.10 Å². The van der Waals surface area contributed by atoms with Gasteiger partial charge in [-0.3, -0.25) is 14.4 Å². The topological polar surface area (TPSA) is 78.9 Å². The minimum absolute atomic E-state index is 0.0676. The fourth-order valence-corrected chi connectivity index (χ4v) is 9.74. The highest BCUT2D eigenvalue weighted by Crippen LogP contribution is 2.18. The quantitative estimate of drug-likeness (QED) is 0.0261. The van der Waals surface area contributed by atoms with Gasteiger partial charge in [0, 0.05) is 19.3 Å². The zero-order valence-corrected chi connectivity index (χ0v) is 47.6. The molecular formula is C64H122O6. The Morgan fingerprint density at radius 3 is 0.714 bits per heavy atom. The van der Waals surface area contributed by atoms with E-state index in [9.17, 15) is 14.4 Å². The molecule has 0 aromatic heterocycles. The van der Waals surface area contributed by atoms with Crippen LogP contribution in [0.25, 0.3) is 0 Å². The van der Waals surface area contributed by atoms with Crippen LogP contribution in [0.1, 0.15) is 361 Å². The fraction of sp³-hybridized carbons (Fsp3) is 0.922. The monoisotopic (exact) mass is 987 g/mol. The molecule has 0 saturated carbocycles. The number of carbonyl (C=O) groups excluding carboxylic acids is 3. The molecule has 0 radical (unpaired) electrons. The average molecular weight is 988 g/mol. The SMILES string of the molecule is CCCCCCC/C=C\CCCCCCCC(=O)OC(COC(=O)CCCCCCCCCCCC)COC(=O)CCCCCCCCCCCCCCCCCCCCCCCCCCCCCC. The molecule has 0 rings (SSSR count). The Hall–Kier alpha value is -1.85. The lowest BCUT2D eigenvalue weighted by atomic mass is 10.0. The van der Waals surface area contributed by atoms with Crippen molar-refractivity contribution in [1.82, 2.24) is 0 Å². The van der Waals surface area contributed by atoms with Gasteiger partial charge in [-0.2, -0.15) is 0 Å². The second kappa shape index (κ2) is 59.7. The Balaban J connectivity index is 4.07. The Morgan fingerprint density at radius 2 is 0.471 bits per heavy atom. The van der Waals surface area contributed by atoms with Crippen molar-refractivity contribution in [3.8, 4) is 0 Å². The Morgan fingerprint density at radius 1 is 0.271 bits per heavy atom. The lowest BCUT2D eigenvalue weighted by Gasteiger charge is -2.18. The van der Waals surface area contributed by atoms with Gasteiger partial charge in [0.25, 0.3) is 0 Å². The molecule has 1 atom stereocenters. The Kier molecular flexibility index (Phi) is 58.1. The van der Waals surface area contributed by atoms with Crippen molar-refractivity contribution in [2.75, 3.05) is 13.2 Å². The lowest BCUT2D eigenvalue weighted by Crippen LogP contribution is -2.30. The van der Waals surface area contributed by atoms with Gasteiger partial charge in [-0.25, -0.2) is 0 Å². The summed E-state index contributed by atoms with van der Waals surface area (Å²) in [6.45, 7) is 6.67. The van der Waals surface area contributed by atoms with Gasteiger partial charge < -0.3 is 14.2 Å². The summed E-state index contributed by atoms with van der Waals surface area (Å²) in [6.07, 6.45) is 69.6. The molecule has 0 aromatic rings. The molecule has 0 heterocycles. The van der Waals surface area contributed by atoms with Crippen LogP contribution in [0.4, 0.5) is 0 Å². The number of esters is 3. The highest BCUT2D eigenvalue weighted by atomic mass is 16.6. The van der Waals surface area contributed by atoms with E-state index in [1.807, 2.05) is 0 Å². The summed E-state index contributed by atoms with van der Waals surface area (Å²) in [7, 11) is 0. The molecule has 70 heavy (non-hydrogen) atoms. The normalized spacial score (nSPS) is 12.0. The zero-order valence-electron chi connectivity index (χ0n) is 47.6. The molecule has 0 bridgehead atoms. The number of hydrogen-bond acceptors (Lipinski definition) is 6. The van der Waals surface area contributed by atoms with E-state index in [0.29, 0.717) is 19.3 Å². The molecule has 0 aliphatic heterocycles. The van der Waals surface area contributed by atoms with Crippen LogP contribution in [-0.2, 0) is 28.6 Å². The van der Waals surface area contributed by atoms with Crippen LogP contribution in [0.3, 0.4) is 0 Å². The summed E-state index contributed by atoms with van der Waals surface area (Å²) in [4.78, 5) is 38.1. The van der Waals surface area contributed by atoms with Crippen LogP contribution >= 0.6 is 0 Å². The third-order valence-corrected chi connectivity index (χ3v) is 14.5. The van der Waals surface area contributed by atoms with Gasteiger partial charge in [0.1, 0.15) is 13.2 Å². The average Bonchev–Trinajstić information content (AvgIpc) is 3.36. The van der Waals surface area contributed by atoms with Crippen molar-refractivity contribution in [1.29, 1.82) is 0 Å². The zero-order chi connectivity index (χ0) is 50.7. The standard InChI is InChI=1S/C64H122O6/c1-4-7-10-13-16-19-22-24-26-27-28-29-30-31-32-33-34-35-36-37-38-39-41-42-45-48-51-54-57-63(66)69-60-61(59-68-62(65)56-53-50-47-44-21-18-15-12-9-6-3)70-64(67)58-55-52-49-46-43-40-25-23-20-17-14-11-8-5-2/h23,25,61H,4-22,24,26-60H2,1-3H3/b25-23-. The molecule has 0 amide bonds. The summed E-state index contributed by atoms with van der Waals surface area (Å²) >= 11 is 0. The maximum absolute atomic E-state index is 12.8.